The maximum absolute atomic E-state index is 12.2. The zero-order valence-corrected chi connectivity index (χ0v) is 16.6. The Balaban J connectivity index is 1.44. The van der Waals surface area contributed by atoms with E-state index in [1.807, 2.05) is 42.5 Å². The number of hydrogen-bond donors (Lipinski definition) is 0. The topological polar surface area (TPSA) is 39.4 Å². The van der Waals surface area contributed by atoms with Crippen LogP contribution in [-0.4, -0.2) is 5.78 Å². The molecule has 0 atom stereocenters. The number of allylic oxidation sites excluding steroid dienone is 1. The van der Waals surface area contributed by atoms with Crippen molar-refractivity contribution in [2.45, 2.75) is 44.9 Å². The lowest BCUT2D eigenvalue weighted by Gasteiger charge is -2.17. The first kappa shape index (κ1) is 19.3. The van der Waals surface area contributed by atoms with Gasteiger partial charge in [-0.2, -0.15) is 0 Å². The van der Waals surface area contributed by atoms with E-state index in [1.54, 1.807) is 12.3 Å². The van der Waals surface area contributed by atoms with Crippen molar-refractivity contribution in [1.29, 1.82) is 0 Å². The van der Waals surface area contributed by atoms with Gasteiger partial charge in [-0.25, -0.2) is 0 Å². The third-order valence-corrected chi connectivity index (χ3v) is 5.29. The number of benzene rings is 2. The summed E-state index contributed by atoms with van der Waals surface area (Å²) in [5.74, 6) is 2.61. The molecule has 0 radical (unpaired) electrons. The van der Waals surface area contributed by atoms with Gasteiger partial charge in [0.2, 0.25) is 0 Å². The first-order chi connectivity index (χ1) is 14.3. The van der Waals surface area contributed by atoms with Gasteiger partial charge in [-0.3, -0.25) is 4.79 Å². The molecule has 1 aliphatic rings. The summed E-state index contributed by atoms with van der Waals surface area (Å²) in [5.41, 5.74) is 3.50. The van der Waals surface area contributed by atoms with Crippen molar-refractivity contribution < 1.29 is 13.9 Å². The molecule has 1 aromatic heterocycles. The van der Waals surface area contributed by atoms with Crippen molar-refractivity contribution in [3.63, 3.8) is 0 Å². The summed E-state index contributed by atoms with van der Waals surface area (Å²) in [4.78, 5) is 12.2. The van der Waals surface area contributed by atoms with E-state index in [1.165, 1.54) is 11.1 Å². The molecule has 0 amide bonds. The van der Waals surface area contributed by atoms with Crippen LogP contribution in [-0.2, 0) is 24.1 Å². The van der Waals surface area contributed by atoms with Crippen LogP contribution in [0.25, 0.3) is 5.76 Å². The van der Waals surface area contributed by atoms with Crippen molar-refractivity contribution in [2.24, 2.45) is 0 Å². The number of rotatable bonds is 7. The molecule has 148 valence electrons. The van der Waals surface area contributed by atoms with Gasteiger partial charge in [-0.1, -0.05) is 36.4 Å². The Morgan fingerprint density at radius 2 is 1.79 bits per heavy atom. The summed E-state index contributed by atoms with van der Waals surface area (Å²) in [6.07, 6.45) is 9.88. The number of unbranched alkanes of at least 4 members (excludes halogenated alkanes) is 1. The number of fused-ring (bicyclic) bond motifs is 1. The van der Waals surface area contributed by atoms with Gasteiger partial charge in [0.25, 0.3) is 0 Å². The Hall–Kier alpha value is -3.07. The van der Waals surface area contributed by atoms with Gasteiger partial charge in [0, 0.05) is 24.5 Å². The summed E-state index contributed by atoms with van der Waals surface area (Å²) in [6, 6.07) is 20.4. The van der Waals surface area contributed by atoms with Crippen LogP contribution < -0.4 is 4.74 Å². The number of aryl methyl sites for hydroxylation is 3. The molecular formula is C26H26O3. The molecule has 4 rings (SSSR count). The molecule has 0 N–H and O–H groups in total. The highest BCUT2D eigenvalue weighted by Gasteiger charge is 2.15. The Kier molecular flexibility index (Phi) is 6.25. The smallest absolute Gasteiger partial charge is 0.159 e. The van der Waals surface area contributed by atoms with Crippen LogP contribution in [0.15, 0.2) is 77.4 Å². The number of ether oxygens (including phenoxy) is 1. The fraction of sp³-hybridized carbons (Fsp3) is 0.269. The highest BCUT2D eigenvalue weighted by Crippen LogP contribution is 2.28. The normalized spacial score (nSPS) is 13.9. The Morgan fingerprint density at radius 3 is 2.69 bits per heavy atom. The minimum Gasteiger partial charge on any atom is -0.469 e. The maximum Gasteiger partial charge on any atom is 0.159 e. The maximum atomic E-state index is 12.2. The van der Waals surface area contributed by atoms with Gasteiger partial charge < -0.3 is 9.15 Å². The fourth-order valence-electron chi connectivity index (χ4n) is 3.79. The first-order valence-electron chi connectivity index (χ1n) is 10.4. The van der Waals surface area contributed by atoms with Gasteiger partial charge in [-0.15, -0.1) is 0 Å². The molecule has 0 fully saturated rings. The molecule has 1 aliphatic carbocycles. The van der Waals surface area contributed by atoms with Crippen molar-refractivity contribution >= 4 is 11.5 Å². The van der Waals surface area contributed by atoms with E-state index in [9.17, 15) is 4.79 Å². The predicted octanol–water partition coefficient (Wildman–Crippen LogP) is 6.17. The highest BCUT2D eigenvalue weighted by atomic mass is 16.5. The van der Waals surface area contributed by atoms with E-state index < -0.39 is 0 Å². The second kappa shape index (κ2) is 9.42. The molecule has 0 saturated heterocycles. The minimum absolute atomic E-state index is 0.128. The molecule has 3 heteroatoms. The number of hydrogen-bond acceptors (Lipinski definition) is 3. The van der Waals surface area contributed by atoms with Gasteiger partial charge >= 0.3 is 0 Å². The number of carbonyl (C=O) groups excluding carboxylic acids is 1. The van der Waals surface area contributed by atoms with E-state index in [2.05, 4.69) is 18.2 Å². The van der Waals surface area contributed by atoms with Gasteiger partial charge in [0.05, 0.1) is 6.26 Å². The second-order valence-electron chi connectivity index (χ2n) is 7.52. The number of furan rings is 1. The lowest BCUT2D eigenvalue weighted by atomic mass is 9.96. The Bertz CT molecular complexity index is 983. The van der Waals surface area contributed by atoms with Crippen LogP contribution in [0.2, 0.25) is 0 Å². The van der Waals surface area contributed by atoms with Crippen LogP contribution in [0.4, 0.5) is 0 Å². The Labute approximate surface area is 172 Å². The molecule has 1 heterocycles. The molecule has 29 heavy (non-hydrogen) atoms. The third-order valence-electron chi connectivity index (χ3n) is 5.29. The van der Waals surface area contributed by atoms with E-state index in [0.717, 1.165) is 55.6 Å². The number of carbonyl (C=O) groups is 1. The largest absolute Gasteiger partial charge is 0.469 e. The van der Waals surface area contributed by atoms with Crippen LogP contribution >= 0.6 is 0 Å². The van der Waals surface area contributed by atoms with E-state index in [0.29, 0.717) is 12.2 Å². The lowest BCUT2D eigenvalue weighted by Crippen LogP contribution is -2.07. The number of ketones is 1. The summed E-state index contributed by atoms with van der Waals surface area (Å²) in [7, 11) is 0. The molecule has 3 nitrogen and oxygen atoms in total. The minimum atomic E-state index is 0.128. The summed E-state index contributed by atoms with van der Waals surface area (Å²) < 4.78 is 11.6. The average molecular weight is 386 g/mol. The quantitative estimate of drug-likeness (QED) is 0.456. The molecule has 0 bridgehead atoms. The zero-order valence-electron chi connectivity index (χ0n) is 16.6. The standard InChI is InChI=1S/C26H26O3/c27-22-12-6-11-21-10-2-4-16-25(21)26(19-22)29-24-14-5-9-20(18-24)8-1-3-13-23-15-7-17-28-23/h2,4-5,7,9-10,14-19H,1,3,6,8,11-13H2. The summed E-state index contributed by atoms with van der Waals surface area (Å²) in [6.45, 7) is 0. The molecule has 0 unspecified atom stereocenters. The van der Waals surface area contributed by atoms with Gasteiger partial charge in [0.15, 0.2) is 5.78 Å². The van der Waals surface area contributed by atoms with Gasteiger partial charge in [0.1, 0.15) is 17.3 Å². The van der Waals surface area contributed by atoms with Crippen molar-refractivity contribution in [3.05, 3.63) is 95.5 Å². The molecule has 2 aromatic carbocycles. The van der Waals surface area contributed by atoms with Crippen molar-refractivity contribution in [2.75, 3.05) is 0 Å². The summed E-state index contributed by atoms with van der Waals surface area (Å²) >= 11 is 0. The van der Waals surface area contributed by atoms with Crippen LogP contribution in [0.3, 0.4) is 0 Å². The molecule has 0 spiro atoms. The molecular weight excluding hydrogens is 360 g/mol. The predicted molar refractivity (Wildman–Crippen MR) is 115 cm³/mol. The van der Waals surface area contributed by atoms with Gasteiger partial charge in [-0.05, 0) is 67.5 Å². The first-order valence-corrected chi connectivity index (χ1v) is 10.4. The second-order valence-corrected chi connectivity index (χ2v) is 7.52. The van der Waals surface area contributed by atoms with Crippen LogP contribution in [0.5, 0.6) is 5.75 Å². The highest BCUT2D eigenvalue weighted by molar-refractivity contribution is 5.96. The van der Waals surface area contributed by atoms with E-state index >= 15 is 0 Å². The lowest BCUT2D eigenvalue weighted by molar-refractivity contribution is -0.114. The van der Waals surface area contributed by atoms with E-state index in [4.69, 9.17) is 9.15 Å². The van der Waals surface area contributed by atoms with Crippen LogP contribution in [0.1, 0.15) is 48.1 Å². The molecule has 3 aromatic rings. The van der Waals surface area contributed by atoms with Crippen molar-refractivity contribution in [1.82, 2.24) is 0 Å². The Morgan fingerprint density at radius 1 is 0.897 bits per heavy atom. The van der Waals surface area contributed by atoms with E-state index in [-0.39, 0.29) is 5.78 Å². The zero-order chi connectivity index (χ0) is 19.9. The average Bonchev–Trinajstić information content (AvgIpc) is 3.24. The third kappa shape index (κ3) is 5.26. The monoisotopic (exact) mass is 386 g/mol. The SMILES string of the molecule is O=C1C=C(Oc2cccc(CCCCc3ccco3)c2)c2ccccc2CCC1. The summed E-state index contributed by atoms with van der Waals surface area (Å²) in [5, 5.41) is 0. The van der Waals surface area contributed by atoms with Crippen molar-refractivity contribution in [3.8, 4) is 5.75 Å². The fourth-order valence-corrected chi connectivity index (χ4v) is 3.79. The molecule has 0 aliphatic heterocycles. The molecule has 0 saturated carbocycles. The van der Waals surface area contributed by atoms with Crippen LogP contribution in [0, 0.1) is 0 Å².